The molecular weight excluding hydrogens is 382 g/mol. The minimum absolute atomic E-state index is 0.0220. The molecule has 9 heteroatoms. The molecule has 2 heterocycles. The number of nitrogens with zero attached hydrogens (tertiary/aromatic N) is 3. The van der Waals surface area contributed by atoms with E-state index < -0.39 is 10.5 Å². The molecule has 1 atom stereocenters. The lowest BCUT2D eigenvalue weighted by Crippen LogP contribution is -2.43. The maximum atomic E-state index is 12.2. The topological polar surface area (TPSA) is 94.8 Å². The average molecular weight is 407 g/mol. The predicted molar refractivity (Wildman–Crippen MR) is 107 cm³/mol. The summed E-state index contributed by atoms with van der Waals surface area (Å²) < 4.78 is 12.1. The normalized spacial score (nSPS) is 17.5. The minimum atomic E-state index is -0.491. The van der Waals surface area contributed by atoms with E-state index in [2.05, 4.69) is 4.98 Å². The van der Waals surface area contributed by atoms with E-state index in [1.807, 2.05) is 20.8 Å². The van der Waals surface area contributed by atoms with Crippen molar-refractivity contribution in [3.8, 4) is 5.19 Å². The maximum Gasteiger partial charge on any atom is 0.410 e. The summed E-state index contributed by atoms with van der Waals surface area (Å²) in [6.45, 7) is 7.49. The molecule has 0 spiro atoms. The SMILES string of the molecule is CC(C)(C)OC(=O)N1CCC[C@@H](CCOc2nc3cc([N+](=O)[O-])ccc3s2)C1. The number of benzene rings is 1. The lowest BCUT2D eigenvalue weighted by Gasteiger charge is -2.34. The molecule has 0 N–H and O–H groups in total. The Kier molecular flexibility index (Phi) is 6.02. The van der Waals surface area contributed by atoms with Gasteiger partial charge in [-0.25, -0.2) is 9.78 Å². The van der Waals surface area contributed by atoms with Crippen LogP contribution in [0, 0.1) is 16.0 Å². The number of amides is 1. The Bertz CT molecular complexity index is 861. The van der Waals surface area contributed by atoms with Crippen molar-refractivity contribution in [3.63, 3.8) is 0 Å². The standard InChI is InChI=1S/C19H25N3O5S/c1-19(2,3)27-18(23)21-9-4-5-13(12-21)8-10-26-17-20-15-11-14(22(24)25)6-7-16(15)28-17/h6-7,11,13H,4-5,8-10,12H2,1-3H3/t13-/m0/s1. The van der Waals surface area contributed by atoms with E-state index in [0.29, 0.717) is 29.8 Å². The van der Waals surface area contributed by atoms with Gasteiger partial charge in [0.2, 0.25) is 0 Å². The molecule has 1 fully saturated rings. The van der Waals surface area contributed by atoms with Crippen LogP contribution < -0.4 is 4.74 Å². The highest BCUT2D eigenvalue weighted by Gasteiger charge is 2.27. The molecule has 8 nitrogen and oxygen atoms in total. The first-order valence-corrected chi connectivity index (χ1v) is 10.2. The van der Waals surface area contributed by atoms with E-state index in [9.17, 15) is 14.9 Å². The van der Waals surface area contributed by atoms with Crippen molar-refractivity contribution < 1.29 is 19.2 Å². The zero-order valence-corrected chi connectivity index (χ0v) is 17.2. The third-order valence-electron chi connectivity index (χ3n) is 4.48. The highest BCUT2D eigenvalue weighted by Crippen LogP contribution is 2.31. The Labute approximate surface area is 167 Å². The number of nitro benzene ring substituents is 1. The molecule has 1 aromatic heterocycles. The van der Waals surface area contributed by atoms with Crippen molar-refractivity contribution in [1.29, 1.82) is 0 Å². The first-order chi connectivity index (χ1) is 13.2. The van der Waals surface area contributed by atoms with E-state index in [1.165, 1.54) is 23.5 Å². The highest BCUT2D eigenvalue weighted by atomic mass is 32.1. The fourth-order valence-corrected chi connectivity index (χ4v) is 4.00. The number of fused-ring (bicyclic) bond motifs is 1. The van der Waals surface area contributed by atoms with Crippen LogP contribution >= 0.6 is 11.3 Å². The van der Waals surface area contributed by atoms with Crippen molar-refractivity contribution in [2.45, 2.75) is 45.6 Å². The molecule has 1 saturated heterocycles. The molecule has 1 amide bonds. The lowest BCUT2D eigenvalue weighted by molar-refractivity contribution is -0.384. The fourth-order valence-electron chi connectivity index (χ4n) is 3.18. The molecule has 0 radical (unpaired) electrons. The van der Waals surface area contributed by atoms with Crippen LogP contribution in [0.4, 0.5) is 10.5 Å². The molecule has 152 valence electrons. The molecule has 1 aromatic carbocycles. The van der Waals surface area contributed by atoms with Gasteiger partial charge in [-0.3, -0.25) is 10.1 Å². The van der Waals surface area contributed by atoms with Crippen LogP contribution in [0.15, 0.2) is 18.2 Å². The van der Waals surface area contributed by atoms with E-state index >= 15 is 0 Å². The van der Waals surface area contributed by atoms with E-state index in [0.717, 1.165) is 30.5 Å². The first kappa shape index (κ1) is 20.3. The largest absolute Gasteiger partial charge is 0.470 e. The van der Waals surface area contributed by atoms with Gasteiger partial charge in [0, 0.05) is 25.2 Å². The number of non-ortho nitro benzene ring substituents is 1. The van der Waals surface area contributed by atoms with Gasteiger partial charge in [0.1, 0.15) is 5.60 Å². The van der Waals surface area contributed by atoms with Gasteiger partial charge in [0.15, 0.2) is 0 Å². The summed E-state index contributed by atoms with van der Waals surface area (Å²) in [4.78, 5) is 28.8. The van der Waals surface area contributed by atoms with Gasteiger partial charge in [-0.05, 0) is 52.0 Å². The Hall–Kier alpha value is -2.42. The lowest BCUT2D eigenvalue weighted by atomic mass is 9.95. The summed E-state index contributed by atoms with van der Waals surface area (Å²) in [5.41, 5.74) is 0.103. The molecule has 0 saturated carbocycles. The summed E-state index contributed by atoms with van der Waals surface area (Å²) in [6.07, 6.45) is 2.56. The summed E-state index contributed by atoms with van der Waals surface area (Å²) in [6, 6.07) is 4.62. The first-order valence-electron chi connectivity index (χ1n) is 9.37. The Morgan fingerprint density at radius 1 is 1.43 bits per heavy atom. The van der Waals surface area contributed by atoms with Crippen molar-refractivity contribution in [1.82, 2.24) is 9.88 Å². The fraction of sp³-hybridized carbons (Fsp3) is 0.579. The summed E-state index contributed by atoms with van der Waals surface area (Å²) in [5, 5.41) is 11.4. The Morgan fingerprint density at radius 3 is 2.93 bits per heavy atom. The molecule has 2 aromatic rings. The van der Waals surface area contributed by atoms with Crippen molar-refractivity contribution in [3.05, 3.63) is 28.3 Å². The molecular formula is C19H25N3O5S. The number of aromatic nitrogens is 1. The predicted octanol–water partition coefficient (Wildman–Crippen LogP) is 4.62. The minimum Gasteiger partial charge on any atom is -0.470 e. The number of likely N-dealkylation sites (tertiary alicyclic amines) is 1. The smallest absolute Gasteiger partial charge is 0.410 e. The second-order valence-electron chi connectivity index (χ2n) is 7.96. The van der Waals surface area contributed by atoms with Crippen LogP contribution in [0.1, 0.15) is 40.0 Å². The number of carbonyl (C=O) groups excluding carboxylic acids is 1. The molecule has 0 unspecified atom stereocenters. The number of piperidine rings is 1. The number of carbonyl (C=O) groups is 1. The summed E-state index contributed by atoms with van der Waals surface area (Å²) in [5.74, 6) is 0.358. The zero-order chi connectivity index (χ0) is 20.3. The number of nitro groups is 1. The molecule has 0 bridgehead atoms. The van der Waals surface area contributed by atoms with Crippen LogP contribution in [-0.4, -0.2) is 46.2 Å². The van der Waals surface area contributed by atoms with E-state index in [4.69, 9.17) is 9.47 Å². The van der Waals surface area contributed by atoms with Crippen molar-refractivity contribution in [2.24, 2.45) is 5.92 Å². The number of ether oxygens (including phenoxy) is 2. The summed E-state index contributed by atoms with van der Waals surface area (Å²) >= 11 is 1.38. The van der Waals surface area contributed by atoms with Crippen molar-refractivity contribution >= 4 is 33.3 Å². The maximum absolute atomic E-state index is 12.2. The Balaban J connectivity index is 1.51. The quantitative estimate of drug-likeness (QED) is 0.530. The van der Waals surface area contributed by atoms with Crippen LogP contribution in [-0.2, 0) is 4.74 Å². The van der Waals surface area contributed by atoms with E-state index in [-0.39, 0.29) is 11.8 Å². The van der Waals surface area contributed by atoms with Gasteiger partial charge in [0.25, 0.3) is 10.9 Å². The molecule has 1 aliphatic heterocycles. The van der Waals surface area contributed by atoms with Gasteiger partial charge in [-0.2, -0.15) is 0 Å². The second-order valence-corrected chi connectivity index (χ2v) is 8.95. The van der Waals surface area contributed by atoms with E-state index in [1.54, 1.807) is 11.0 Å². The number of hydrogen-bond donors (Lipinski definition) is 0. The molecule has 28 heavy (non-hydrogen) atoms. The summed E-state index contributed by atoms with van der Waals surface area (Å²) in [7, 11) is 0. The third kappa shape index (κ3) is 5.31. The van der Waals surface area contributed by atoms with Gasteiger partial charge in [0.05, 0.1) is 21.7 Å². The number of hydrogen-bond acceptors (Lipinski definition) is 7. The molecule has 3 rings (SSSR count). The number of rotatable bonds is 5. The van der Waals surface area contributed by atoms with Gasteiger partial charge < -0.3 is 14.4 Å². The van der Waals surface area contributed by atoms with Gasteiger partial charge >= 0.3 is 6.09 Å². The van der Waals surface area contributed by atoms with Gasteiger partial charge in [-0.15, -0.1) is 0 Å². The molecule has 1 aliphatic rings. The van der Waals surface area contributed by atoms with Gasteiger partial charge in [-0.1, -0.05) is 11.3 Å². The zero-order valence-electron chi connectivity index (χ0n) is 16.3. The third-order valence-corrected chi connectivity index (χ3v) is 5.43. The van der Waals surface area contributed by atoms with Crippen LogP contribution in [0.2, 0.25) is 0 Å². The Morgan fingerprint density at radius 2 is 2.21 bits per heavy atom. The number of thiazole rings is 1. The van der Waals surface area contributed by atoms with Crippen LogP contribution in [0.3, 0.4) is 0 Å². The van der Waals surface area contributed by atoms with Crippen molar-refractivity contribution in [2.75, 3.05) is 19.7 Å². The second kappa shape index (κ2) is 8.30. The van der Waals surface area contributed by atoms with Crippen LogP contribution in [0.25, 0.3) is 10.2 Å². The molecule has 0 aliphatic carbocycles. The monoisotopic (exact) mass is 407 g/mol. The average Bonchev–Trinajstić information content (AvgIpc) is 3.02. The van der Waals surface area contributed by atoms with Crippen LogP contribution in [0.5, 0.6) is 5.19 Å². The highest BCUT2D eigenvalue weighted by molar-refractivity contribution is 7.20.